The van der Waals surface area contributed by atoms with Crippen molar-refractivity contribution in [3.05, 3.63) is 83.9 Å². The van der Waals surface area contributed by atoms with Crippen LogP contribution in [-0.2, 0) is 4.74 Å². The molecule has 0 unspecified atom stereocenters. The molecule has 242 valence electrons. The number of unbranched alkanes of at least 4 members (excludes halogenated alkanes) is 9. The van der Waals surface area contributed by atoms with E-state index in [0.29, 0.717) is 22.8 Å². The molecule has 0 heterocycles. The Morgan fingerprint density at radius 1 is 0.600 bits per heavy atom. The molecule has 2 atom stereocenters. The summed E-state index contributed by atoms with van der Waals surface area (Å²) < 4.78 is 17.4. The molecule has 5 nitrogen and oxygen atoms in total. The highest BCUT2D eigenvalue weighted by Crippen LogP contribution is 2.33. The number of esters is 2. The summed E-state index contributed by atoms with van der Waals surface area (Å²) in [5, 5.41) is 0. The fourth-order valence-corrected chi connectivity index (χ4v) is 6.14. The monoisotopic (exact) mass is 612 g/mol. The van der Waals surface area contributed by atoms with Crippen LogP contribution in [0.15, 0.2) is 72.8 Å². The summed E-state index contributed by atoms with van der Waals surface area (Å²) >= 11 is 0. The Hall–Kier alpha value is -3.60. The van der Waals surface area contributed by atoms with E-state index < -0.39 is 5.97 Å². The van der Waals surface area contributed by atoms with Crippen LogP contribution in [0, 0.1) is 5.92 Å². The van der Waals surface area contributed by atoms with E-state index in [9.17, 15) is 9.59 Å². The maximum absolute atomic E-state index is 12.8. The Balaban J connectivity index is 1.19. The topological polar surface area (TPSA) is 61.8 Å². The molecule has 1 saturated carbocycles. The molecule has 5 heteroatoms. The number of ether oxygens (including phenoxy) is 3. The van der Waals surface area contributed by atoms with Crippen molar-refractivity contribution in [1.29, 1.82) is 0 Å². The molecule has 0 saturated heterocycles. The lowest BCUT2D eigenvalue weighted by Crippen LogP contribution is -2.22. The molecule has 0 aliphatic heterocycles. The molecule has 4 rings (SSSR count). The zero-order chi connectivity index (χ0) is 31.7. The van der Waals surface area contributed by atoms with Crippen LogP contribution in [0.1, 0.15) is 131 Å². The summed E-state index contributed by atoms with van der Waals surface area (Å²) in [6, 6.07) is 22.1. The Morgan fingerprint density at radius 3 is 1.76 bits per heavy atom. The first-order chi connectivity index (χ1) is 22.1. The molecule has 1 aliphatic rings. The minimum Gasteiger partial charge on any atom is -0.494 e. The van der Waals surface area contributed by atoms with E-state index in [1.165, 1.54) is 64.2 Å². The van der Waals surface area contributed by atoms with E-state index in [1.807, 2.05) is 24.3 Å². The first-order valence-electron chi connectivity index (χ1n) is 17.4. The highest BCUT2D eigenvalue weighted by atomic mass is 16.5. The van der Waals surface area contributed by atoms with Gasteiger partial charge in [-0.05, 0) is 97.7 Å². The van der Waals surface area contributed by atoms with Crippen LogP contribution in [0.25, 0.3) is 11.1 Å². The normalized spacial score (nSPS) is 16.0. The number of carbonyl (C=O) groups is 2. The fraction of sp³-hybridized carbons (Fsp3) is 0.500. The molecule has 0 bridgehead atoms. The van der Waals surface area contributed by atoms with Gasteiger partial charge in [0.15, 0.2) is 0 Å². The molecule has 0 amide bonds. The van der Waals surface area contributed by atoms with Crippen molar-refractivity contribution >= 4 is 11.9 Å². The average Bonchev–Trinajstić information content (AvgIpc) is 3.51. The lowest BCUT2D eigenvalue weighted by molar-refractivity contribution is 0.0194. The molecule has 3 aromatic rings. The molecule has 3 aromatic carbocycles. The second-order valence-electron chi connectivity index (χ2n) is 12.5. The first-order valence-corrected chi connectivity index (χ1v) is 17.4. The zero-order valence-electron chi connectivity index (χ0n) is 27.4. The standard InChI is InChI=1S/C40H52O5/c1-3-5-7-8-9-10-11-13-30-43-36-26-22-31(23-27-36)32-24-28-37(29-25-32)44-39(41)34-18-20-35(21-19-34)40(42)45-38-17-14-16-33(38)15-12-6-4-2/h18-29,33,38H,3-17,30H2,1-2H3/t33-,38-/m0/s1. The van der Waals surface area contributed by atoms with Crippen molar-refractivity contribution in [2.45, 2.75) is 116 Å². The van der Waals surface area contributed by atoms with Crippen molar-refractivity contribution in [1.82, 2.24) is 0 Å². The third-order valence-electron chi connectivity index (χ3n) is 8.90. The molecular formula is C40H52O5. The molecule has 0 radical (unpaired) electrons. The highest BCUT2D eigenvalue weighted by molar-refractivity contribution is 5.94. The second-order valence-corrected chi connectivity index (χ2v) is 12.5. The van der Waals surface area contributed by atoms with Gasteiger partial charge in [0.1, 0.15) is 17.6 Å². The van der Waals surface area contributed by atoms with Crippen molar-refractivity contribution < 1.29 is 23.8 Å². The van der Waals surface area contributed by atoms with Crippen LogP contribution in [0.5, 0.6) is 11.5 Å². The van der Waals surface area contributed by atoms with Gasteiger partial charge >= 0.3 is 11.9 Å². The predicted octanol–water partition coefficient (Wildman–Crippen LogP) is 11.0. The van der Waals surface area contributed by atoms with Crippen LogP contribution in [0.2, 0.25) is 0 Å². The number of hydrogen-bond donors (Lipinski definition) is 0. The van der Waals surface area contributed by atoms with E-state index in [2.05, 4.69) is 26.0 Å². The summed E-state index contributed by atoms with van der Waals surface area (Å²) in [5.74, 6) is 1.03. The van der Waals surface area contributed by atoms with E-state index in [4.69, 9.17) is 14.2 Å². The minimum atomic E-state index is -0.465. The zero-order valence-corrected chi connectivity index (χ0v) is 27.4. The van der Waals surface area contributed by atoms with Crippen molar-refractivity contribution in [3.63, 3.8) is 0 Å². The lowest BCUT2D eigenvalue weighted by Gasteiger charge is -2.20. The van der Waals surface area contributed by atoms with Gasteiger partial charge in [-0.3, -0.25) is 0 Å². The summed E-state index contributed by atoms with van der Waals surface area (Å²) in [6.45, 7) is 5.21. The van der Waals surface area contributed by atoms with E-state index in [-0.39, 0.29) is 12.1 Å². The van der Waals surface area contributed by atoms with Gasteiger partial charge in [-0.1, -0.05) is 102 Å². The maximum atomic E-state index is 12.8. The molecule has 0 spiro atoms. The smallest absolute Gasteiger partial charge is 0.343 e. The van der Waals surface area contributed by atoms with Gasteiger partial charge in [-0.15, -0.1) is 0 Å². The third kappa shape index (κ3) is 11.4. The van der Waals surface area contributed by atoms with Crippen molar-refractivity contribution in [3.8, 4) is 22.6 Å². The summed E-state index contributed by atoms with van der Waals surface area (Å²) in [4.78, 5) is 25.6. The van der Waals surface area contributed by atoms with Gasteiger partial charge in [0.2, 0.25) is 0 Å². The van der Waals surface area contributed by atoms with Crippen LogP contribution in [0.3, 0.4) is 0 Å². The van der Waals surface area contributed by atoms with Crippen LogP contribution >= 0.6 is 0 Å². The van der Waals surface area contributed by atoms with Gasteiger partial charge in [-0.25, -0.2) is 9.59 Å². The average molecular weight is 613 g/mol. The van der Waals surface area contributed by atoms with Crippen molar-refractivity contribution in [2.75, 3.05) is 6.61 Å². The van der Waals surface area contributed by atoms with Crippen LogP contribution in [-0.4, -0.2) is 24.6 Å². The van der Waals surface area contributed by atoms with Gasteiger partial charge in [0.25, 0.3) is 0 Å². The predicted molar refractivity (Wildman–Crippen MR) is 182 cm³/mol. The summed E-state index contributed by atoms with van der Waals surface area (Å²) in [5.41, 5.74) is 2.94. The Kier molecular flexibility index (Phi) is 14.5. The number of rotatable bonds is 19. The van der Waals surface area contributed by atoms with E-state index in [1.54, 1.807) is 36.4 Å². The molecule has 1 fully saturated rings. The lowest BCUT2D eigenvalue weighted by atomic mass is 9.98. The molecule has 45 heavy (non-hydrogen) atoms. The summed E-state index contributed by atoms with van der Waals surface area (Å²) in [6.07, 6.45) is 18.2. The van der Waals surface area contributed by atoms with Gasteiger partial charge < -0.3 is 14.2 Å². The number of benzene rings is 3. The summed E-state index contributed by atoms with van der Waals surface area (Å²) in [7, 11) is 0. The van der Waals surface area contributed by atoms with Crippen molar-refractivity contribution in [2.24, 2.45) is 5.92 Å². The second kappa shape index (κ2) is 19.0. The van der Waals surface area contributed by atoms with Gasteiger partial charge in [0, 0.05) is 0 Å². The highest BCUT2D eigenvalue weighted by Gasteiger charge is 2.30. The Labute approximate surface area is 270 Å². The number of carbonyl (C=O) groups excluding carboxylic acids is 2. The van der Waals surface area contributed by atoms with Crippen LogP contribution in [0.4, 0.5) is 0 Å². The third-order valence-corrected chi connectivity index (χ3v) is 8.90. The number of hydrogen-bond acceptors (Lipinski definition) is 5. The maximum Gasteiger partial charge on any atom is 0.343 e. The Morgan fingerprint density at radius 2 is 1.13 bits per heavy atom. The van der Waals surface area contributed by atoms with Crippen LogP contribution < -0.4 is 9.47 Å². The first kappa shape index (κ1) is 34.3. The molecule has 0 N–H and O–H groups in total. The quantitative estimate of drug-likeness (QED) is 0.0765. The molecule has 0 aromatic heterocycles. The van der Waals surface area contributed by atoms with E-state index in [0.717, 1.165) is 55.6 Å². The van der Waals surface area contributed by atoms with Gasteiger partial charge in [-0.2, -0.15) is 0 Å². The van der Waals surface area contributed by atoms with E-state index >= 15 is 0 Å². The minimum absolute atomic E-state index is 0.00206. The molecular weight excluding hydrogens is 560 g/mol. The SMILES string of the molecule is CCCCCCCCCCOc1ccc(-c2ccc(OC(=O)c3ccc(C(=O)O[C@H]4CCC[C@@H]4CCCCC)cc3)cc2)cc1. The molecule has 1 aliphatic carbocycles. The Bertz CT molecular complexity index is 1280. The largest absolute Gasteiger partial charge is 0.494 e. The van der Waals surface area contributed by atoms with Gasteiger partial charge in [0.05, 0.1) is 17.7 Å². The fourth-order valence-electron chi connectivity index (χ4n) is 6.14.